The molecule has 0 saturated carbocycles. The number of hydrogen-bond acceptors (Lipinski definition) is 7. The van der Waals surface area contributed by atoms with Gasteiger partial charge in [-0.1, -0.05) is 0 Å². The molecule has 0 unspecified atom stereocenters. The largest absolute Gasteiger partial charge is 0.444 e. The lowest BCUT2D eigenvalue weighted by Crippen LogP contribution is -2.63. The molecule has 2 aromatic rings. The first-order valence-electron chi connectivity index (χ1n) is 12.1. The van der Waals surface area contributed by atoms with Crippen LogP contribution < -0.4 is 15.1 Å². The number of aromatic nitrogens is 2. The molecule has 1 N–H and O–H groups in total. The van der Waals surface area contributed by atoms with Gasteiger partial charge in [-0.25, -0.2) is 9.59 Å². The van der Waals surface area contributed by atoms with Gasteiger partial charge in [0.25, 0.3) is 0 Å². The first-order valence-corrected chi connectivity index (χ1v) is 12.1. The van der Waals surface area contributed by atoms with Crippen LogP contribution in [-0.2, 0) is 16.6 Å². The fraction of sp³-hybridized carbons (Fsp3) is 0.583. The number of nitrogens with one attached hydrogen (secondary N) is 1. The fourth-order valence-corrected chi connectivity index (χ4v) is 4.88. The van der Waals surface area contributed by atoms with Gasteiger partial charge in [0.1, 0.15) is 5.60 Å². The Kier molecular flexibility index (Phi) is 5.82. The minimum Gasteiger partial charge on any atom is -0.444 e. The Labute approximate surface area is 204 Å². The molecule has 0 spiro atoms. The van der Waals surface area contributed by atoms with Gasteiger partial charge in [-0.15, -0.1) is 0 Å². The number of ether oxygens (including phenoxy) is 1. The van der Waals surface area contributed by atoms with Crippen LogP contribution in [0.2, 0.25) is 0 Å². The summed E-state index contributed by atoms with van der Waals surface area (Å²) < 4.78 is 7.28. The van der Waals surface area contributed by atoms with E-state index in [0.29, 0.717) is 31.5 Å². The number of rotatable bonds is 3. The molecule has 1 aromatic heterocycles. The summed E-state index contributed by atoms with van der Waals surface area (Å²) in [6.07, 6.45) is 0.0354. The summed E-state index contributed by atoms with van der Waals surface area (Å²) in [6, 6.07) is 6.21. The normalized spacial score (nSPS) is 20.3. The Morgan fingerprint density at radius 2 is 1.80 bits per heavy atom. The number of hydrogen-bond donors (Lipinski definition) is 1. The molecule has 3 saturated heterocycles. The minimum absolute atomic E-state index is 0.232. The van der Waals surface area contributed by atoms with Crippen LogP contribution in [0.1, 0.15) is 27.2 Å². The number of amides is 4. The lowest BCUT2D eigenvalue weighted by Gasteiger charge is -2.49. The number of nitrogens with zero attached hydrogens (tertiary/aromatic N) is 6. The van der Waals surface area contributed by atoms with Crippen LogP contribution in [0.3, 0.4) is 0 Å². The lowest BCUT2D eigenvalue weighted by molar-refractivity contribution is -0.120. The van der Waals surface area contributed by atoms with E-state index < -0.39 is 11.6 Å². The molecular formula is C24H33N7O4. The lowest BCUT2D eigenvalue weighted by atomic mass is 10.0. The summed E-state index contributed by atoms with van der Waals surface area (Å²) in [6.45, 7) is 10.9. The van der Waals surface area contributed by atoms with Crippen molar-refractivity contribution in [1.29, 1.82) is 0 Å². The molecule has 4 amide bonds. The first-order chi connectivity index (χ1) is 16.6. The molecule has 35 heavy (non-hydrogen) atoms. The van der Waals surface area contributed by atoms with E-state index in [9.17, 15) is 14.4 Å². The van der Waals surface area contributed by atoms with E-state index in [1.807, 2.05) is 33.9 Å². The highest BCUT2D eigenvalue weighted by atomic mass is 16.6. The van der Waals surface area contributed by atoms with Gasteiger partial charge in [-0.05, 0) is 39.0 Å². The third kappa shape index (κ3) is 4.64. The molecule has 0 bridgehead atoms. The van der Waals surface area contributed by atoms with Crippen LogP contribution in [0.5, 0.6) is 0 Å². The second-order valence-corrected chi connectivity index (χ2v) is 10.5. The molecule has 0 atom stereocenters. The molecule has 3 aliphatic heterocycles. The topological polar surface area (TPSA) is 103 Å². The van der Waals surface area contributed by atoms with Crippen LogP contribution in [0, 0.1) is 0 Å². The molecule has 11 heteroatoms. The zero-order valence-electron chi connectivity index (χ0n) is 20.8. The zero-order chi connectivity index (χ0) is 24.9. The molecule has 4 heterocycles. The van der Waals surface area contributed by atoms with Gasteiger partial charge in [0.15, 0.2) is 5.82 Å². The van der Waals surface area contributed by atoms with E-state index in [1.165, 1.54) is 4.90 Å². The van der Waals surface area contributed by atoms with E-state index in [0.717, 1.165) is 42.8 Å². The van der Waals surface area contributed by atoms with Gasteiger partial charge >= 0.3 is 12.1 Å². The van der Waals surface area contributed by atoms with Crippen molar-refractivity contribution < 1.29 is 19.1 Å². The summed E-state index contributed by atoms with van der Waals surface area (Å²) in [4.78, 5) is 44.2. The van der Waals surface area contributed by atoms with Crippen molar-refractivity contribution in [3.8, 4) is 0 Å². The van der Waals surface area contributed by atoms with Crippen LogP contribution >= 0.6 is 0 Å². The summed E-state index contributed by atoms with van der Waals surface area (Å²) in [7, 11) is 1.87. The number of aryl methyl sites for hydroxylation is 1. The molecular weight excluding hydrogens is 450 g/mol. The standard InChI is InChI=1S/C24H33N7O4/c1-24(2,3)35-23(34)29-11-9-28(10-12-29)17-14-30(15-17)16-5-6-18-19(13-16)27(4)26-21(18)31-8-7-20(32)25-22(31)33/h5-6,13,17H,7-12,14-15H2,1-4H3,(H,25,32,33). The highest BCUT2D eigenvalue weighted by molar-refractivity contribution is 6.09. The van der Waals surface area contributed by atoms with Crippen LogP contribution in [0.4, 0.5) is 21.1 Å². The molecule has 0 radical (unpaired) electrons. The van der Waals surface area contributed by atoms with Gasteiger partial charge in [0.05, 0.1) is 5.52 Å². The number of carbonyl (C=O) groups excluding carboxylic acids is 3. The van der Waals surface area contributed by atoms with Crippen molar-refractivity contribution in [1.82, 2.24) is 24.9 Å². The van der Waals surface area contributed by atoms with Crippen molar-refractivity contribution in [2.45, 2.75) is 38.8 Å². The van der Waals surface area contributed by atoms with Gasteiger partial charge in [-0.3, -0.25) is 24.6 Å². The molecule has 1 aromatic carbocycles. The predicted octanol–water partition coefficient (Wildman–Crippen LogP) is 1.76. The Bertz CT molecular complexity index is 1160. The van der Waals surface area contributed by atoms with Crippen LogP contribution in [0.25, 0.3) is 10.9 Å². The number of fused-ring (bicyclic) bond motifs is 1. The number of anilines is 2. The maximum atomic E-state index is 12.3. The number of carbonyl (C=O) groups is 3. The number of urea groups is 1. The average molecular weight is 484 g/mol. The number of imide groups is 1. The Morgan fingerprint density at radius 3 is 2.46 bits per heavy atom. The monoisotopic (exact) mass is 483 g/mol. The van der Waals surface area contributed by atoms with Crippen molar-refractivity contribution in [3.63, 3.8) is 0 Å². The van der Waals surface area contributed by atoms with E-state index in [-0.39, 0.29) is 18.4 Å². The summed E-state index contributed by atoms with van der Waals surface area (Å²) in [5.41, 5.74) is 1.59. The third-order valence-corrected chi connectivity index (χ3v) is 6.83. The summed E-state index contributed by atoms with van der Waals surface area (Å²) >= 11 is 0. The highest BCUT2D eigenvalue weighted by Gasteiger charge is 2.36. The van der Waals surface area contributed by atoms with Crippen LogP contribution in [0.15, 0.2) is 18.2 Å². The van der Waals surface area contributed by atoms with E-state index in [1.54, 1.807) is 9.58 Å². The van der Waals surface area contributed by atoms with Gasteiger partial charge in [0.2, 0.25) is 5.91 Å². The van der Waals surface area contributed by atoms with Crippen molar-refractivity contribution in [2.24, 2.45) is 7.05 Å². The number of piperazine rings is 1. The smallest absolute Gasteiger partial charge is 0.410 e. The van der Waals surface area contributed by atoms with E-state index in [2.05, 4.69) is 32.3 Å². The second-order valence-electron chi connectivity index (χ2n) is 10.5. The Balaban J connectivity index is 1.19. The van der Waals surface area contributed by atoms with E-state index in [4.69, 9.17) is 4.74 Å². The maximum Gasteiger partial charge on any atom is 0.410 e. The SMILES string of the molecule is Cn1nc(N2CCC(=O)NC2=O)c2ccc(N3CC(N4CCN(C(=O)OC(C)(C)C)CC4)C3)cc21. The maximum absolute atomic E-state index is 12.3. The van der Waals surface area contributed by atoms with Crippen LogP contribution in [-0.4, -0.2) is 95.1 Å². The third-order valence-electron chi connectivity index (χ3n) is 6.83. The minimum atomic E-state index is -0.475. The van der Waals surface area contributed by atoms with Crippen molar-refractivity contribution >= 4 is 40.4 Å². The van der Waals surface area contributed by atoms with Crippen molar-refractivity contribution in [2.75, 3.05) is 55.6 Å². The average Bonchev–Trinajstić information content (AvgIpc) is 3.08. The van der Waals surface area contributed by atoms with Crippen molar-refractivity contribution in [3.05, 3.63) is 18.2 Å². The van der Waals surface area contributed by atoms with Gasteiger partial charge in [0, 0.05) is 76.4 Å². The van der Waals surface area contributed by atoms with Gasteiger partial charge < -0.3 is 14.5 Å². The first kappa shape index (κ1) is 23.4. The molecule has 188 valence electrons. The molecule has 3 aliphatic rings. The Morgan fingerprint density at radius 1 is 1.09 bits per heavy atom. The van der Waals surface area contributed by atoms with E-state index >= 15 is 0 Å². The molecule has 3 fully saturated rings. The molecule has 5 rings (SSSR count). The fourth-order valence-electron chi connectivity index (χ4n) is 4.88. The zero-order valence-corrected chi connectivity index (χ0v) is 20.8. The predicted molar refractivity (Wildman–Crippen MR) is 132 cm³/mol. The summed E-state index contributed by atoms with van der Waals surface area (Å²) in [5, 5.41) is 7.81. The molecule has 0 aliphatic carbocycles. The Hall–Kier alpha value is -3.34. The second kappa shape index (κ2) is 8.71. The molecule has 11 nitrogen and oxygen atoms in total. The number of benzene rings is 1. The summed E-state index contributed by atoms with van der Waals surface area (Å²) in [5.74, 6) is 0.316. The van der Waals surface area contributed by atoms with Gasteiger partial charge in [-0.2, -0.15) is 5.10 Å². The quantitative estimate of drug-likeness (QED) is 0.710. The highest BCUT2D eigenvalue weighted by Crippen LogP contribution is 2.32.